The molecule has 0 spiro atoms. The van der Waals surface area contributed by atoms with Crippen molar-refractivity contribution >= 4 is 46.4 Å². The number of nitrogens with zero attached hydrogens (tertiary/aromatic N) is 1. The normalized spacial score (nSPS) is 10.3. The van der Waals surface area contributed by atoms with E-state index in [1.54, 1.807) is 0 Å². The molecule has 1 N–H and O–H groups in total. The zero-order chi connectivity index (χ0) is 14.0. The Morgan fingerprint density at radius 1 is 1.16 bits per heavy atom. The number of carbonyl (C=O) groups is 1. The zero-order valence-corrected chi connectivity index (χ0v) is 11.5. The molecule has 3 nitrogen and oxygen atoms in total. The number of hydrogen-bond donors (Lipinski definition) is 1. The smallest absolute Gasteiger partial charge is 0.258 e. The minimum atomic E-state index is -0.735. The number of aromatic nitrogens is 1. The van der Waals surface area contributed by atoms with Crippen LogP contribution in [0.25, 0.3) is 0 Å². The Balaban J connectivity index is 2.27. The molecule has 0 atom stereocenters. The van der Waals surface area contributed by atoms with Crippen LogP contribution in [-0.2, 0) is 0 Å². The Morgan fingerprint density at radius 3 is 2.37 bits per heavy atom. The predicted molar refractivity (Wildman–Crippen MR) is 73.6 cm³/mol. The first-order valence-electron chi connectivity index (χ1n) is 5.04. The van der Waals surface area contributed by atoms with Gasteiger partial charge in [-0.3, -0.25) is 9.78 Å². The molecule has 2 rings (SSSR count). The molecule has 0 fully saturated rings. The fourth-order valence-electron chi connectivity index (χ4n) is 1.37. The summed E-state index contributed by atoms with van der Waals surface area (Å²) in [6.45, 7) is 0. The molecular formula is C12H6Cl3FN2O. The molecule has 19 heavy (non-hydrogen) atoms. The first-order valence-corrected chi connectivity index (χ1v) is 6.18. The maximum Gasteiger partial charge on any atom is 0.258 e. The topological polar surface area (TPSA) is 42.0 Å². The number of benzene rings is 1. The van der Waals surface area contributed by atoms with E-state index in [2.05, 4.69) is 10.3 Å². The average molecular weight is 320 g/mol. The Bertz CT molecular complexity index is 626. The van der Waals surface area contributed by atoms with E-state index in [0.29, 0.717) is 0 Å². The van der Waals surface area contributed by atoms with Crippen molar-refractivity contribution in [3.05, 3.63) is 57.0 Å². The van der Waals surface area contributed by atoms with Crippen molar-refractivity contribution < 1.29 is 9.18 Å². The number of pyridine rings is 1. The van der Waals surface area contributed by atoms with Crippen LogP contribution < -0.4 is 5.32 Å². The lowest BCUT2D eigenvalue weighted by Gasteiger charge is -2.08. The van der Waals surface area contributed by atoms with Crippen LogP contribution in [0.5, 0.6) is 0 Å². The second-order valence-electron chi connectivity index (χ2n) is 3.56. The van der Waals surface area contributed by atoms with Gasteiger partial charge in [-0.1, -0.05) is 34.8 Å². The maximum absolute atomic E-state index is 13.2. The molecule has 2 aromatic rings. The third-order valence-corrected chi connectivity index (χ3v) is 3.13. The maximum atomic E-state index is 13.2. The van der Waals surface area contributed by atoms with Crippen molar-refractivity contribution in [2.75, 3.05) is 5.32 Å². The molecule has 0 unspecified atom stereocenters. The molecule has 0 aliphatic carbocycles. The quantitative estimate of drug-likeness (QED) is 0.832. The molecular weight excluding hydrogens is 314 g/mol. The molecule has 7 heteroatoms. The van der Waals surface area contributed by atoms with Crippen LogP contribution in [-0.4, -0.2) is 10.9 Å². The van der Waals surface area contributed by atoms with Crippen LogP contribution in [0.4, 0.5) is 10.1 Å². The first kappa shape index (κ1) is 14.1. The van der Waals surface area contributed by atoms with Gasteiger partial charge in [0.25, 0.3) is 5.91 Å². The number of hydrogen-bond acceptors (Lipinski definition) is 2. The van der Waals surface area contributed by atoms with Crippen LogP contribution in [0, 0.1) is 5.82 Å². The second-order valence-corrected chi connectivity index (χ2v) is 4.79. The van der Waals surface area contributed by atoms with Crippen molar-refractivity contribution in [1.82, 2.24) is 4.98 Å². The van der Waals surface area contributed by atoms with Gasteiger partial charge in [-0.05, 0) is 18.2 Å². The van der Waals surface area contributed by atoms with E-state index in [9.17, 15) is 9.18 Å². The van der Waals surface area contributed by atoms with E-state index in [0.717, 1.165) is 0 Å². The Kier molecular flexibility index (Phi) is 4.24. The second kappa shape index (κ2) is 5.74. The summed E-state index contributed by atoms with van der Waals surface area (Å²) in [6, 6.07) is 4.00. The van der Waals surface area contributed by atoms with Gasteiger partial charge in [0.2, 0.25) is 0 Å². The molecule has 1 aromatic carbocycles. The van der Waals surface area contributed by atoms with E-state index in [4.69, 9.17) is 34.8 Å². The monoisotopic (exact) mass is 318 g/mol. The molecule has 0 radical (unpaired) electrons. The van der Waals surface area contributed by atoms with Gasteiger partial charge in [-0.15, -0.1) is 0 Å². The van der Waals surface area contributed by atoms with Gasteiger partial charge >= 0.3 is 0 Å². The van der Waals surface area contributed by atoms with Gasteiger partial charge in [0, 0.05) is 18.1 Å². The van der Waals surface area contributed by atoms with Gasteiger partial charge < -0.3 is 5.32 Å². The number of anilines is 1. The van der Waals surface area contributed by atoms with Gasteiger partial charge in [-0.2, -0.15) is 0 Å². The Hall–Kier alpha value is -1.36. The van der Waals surface area contributed by atoms with E-state index >= 15 is 0 Å². The summed E-state index contributed by atoms with van der Waals surface area (Å²) < 4.78 is 13.2. The van der Waals surface area contributed by atoms with E-state index < -0.39 is 11.7 Å². The highest BCUT2D eigenvalue weighted by molar-refractivity contribution is 6.36. The zero-order valence-electron chi connectivity index (χ0n) is 9.25. The SMILES string of the molecule is O=C(Nc1cc(Cl)c(F)c(Cl)c1)c1cnccc1Cl. The largest absolute Gasteiger partial charge is 0.322 e. The standard InChI is InChI=1S/C12H6Cl3FN2O/c13-8-1-2-17-5-7(8)12(19)18-6-3-9(14)11(16)10(15)4-6/h1-5H,(H,18,19). The van der Waals surface area contributed by atoms with Crippen molar-refractivity contribution in [2.45, 2.75) is 0 Å². The highest BCUT2D eigenvalue weighted by Gasteiger charge is 2.13. The summed E-state index contributed by atoms with van der Waals surface area (Å²) in [7, 11) is 0. The minimum Gasteiger partial charge on any atom is -0.322 e. The molecule has 1 aromatic heterocycles. The first-order chi connectivity index (χ1) is 8.99. The molecule has 1 amide bonds. The van der Waals surface area contributed by atoms with E-state index in [1.807, 2.05) is 0 Å². The highest BCUT2D eigenvalue weighted by atomic mass is 35.5. The predicted octanol–water partition coefficient (Wildman–Crippen LogP) is 4.43. The van der Waals surface area contributed by atoms with Crippen molar-refractivity contribution in [3.63, 3.8) is 0 Å². The highest BCUT2D eigenvalue weighted by Crippen LogP contribution is 2.27. The number of halogens is 4. The minimum absolute atomic E-state index is 0.180. The summed E-state index contributed by atoms with van der Waals surface area (Å²) in [5.41, 5.74) is 0.460. The van der Waals surface area contributed by atoms with Crippen molar-refractivity contribution in [1.29, 1.82) is 0 Å². The number of nitrogens with one attached hydrogen (secondary N) is 1. The fraction of sp³-hybridized carbons (Fsp3) is 0. The molecule has 1 heterocycles. The van der Waals surface area contributed by atoms with Gasteiger partial charge in [-0.25, -0.2) is 4.39 Å². The van der Waals surface area contributed by atoms with Crippen LogP contribution in [0.3, 0.4) is 0 Å². The molecule has 0 aliphatic heterocycles. The van der Waals surface area contributed by atoms with Crippen LogP contribution in [0.15, 0.2) is 30.6 Å². The third kappa shape index (κ3) is 3.15. The van der Waals surface area contributed by atoms with Crippen LogP contribution in [0.2, 0.25) is 15.1 Å². The molecule has 98 valence electrons. The van der Waals surface area contributed by atoms with E-state index in [1.165, 1.54) is 30.6 Å². The lowest BCUT2D eigenvalue weighted by molar-refractivity contribution is 0.102. The summed E-state index contributed by atoms with van der Waals surface area (Å²) >= 11 is 17.1. The van der Waals surface area contributed by atoms with Crippen molar-refractivity contribution in [3.8, 4) is 0 Å². The average Bonchev–Trinajstić information content (AvgIpc) is 2.36. The van der Waals surface area contributed by atoms with Gasteiger partial charge in [0.1, 0.15) is 0 Å². The lowest BCUT2D eigenvalue weighted by atomic mass is 10.2. The molecule has 0 bridgehead atoms. The van der Waals surface area contributed by atoms with Crippen LogP contribution in [0.1, 0.15) is 10.4 Å². The third-order valence-electron chi connectivity index (χ3n) is 2.25. The van der Waals surface area contributed by atoms with E-state index in [-0.39, 0.29) is 26.3 Å². The summed E-state index contributed by atoms with van der Waals surface area (Å²) in [5.74, 6) is -1.22. The molecule has 0 saturated carbocycles. The molecule has 0 saturated heterocycles. The van der Waals surface area contributed by atoms with Gasteiger partial charge in [0.15, 0.2) is 5.82 Å². The summed E-state index contributed by atoms with van der Waals surface area (Å²) in [6.07, 6.45) is 2.79. The Morgan fingerprint density at radius 2 is 1.79 bits per heavy atom. The van der Waals surface area contributed by atoms with Crippen molar-refractivity contribution in [2.24, 2.45) is 0 Å². The summed E-state index contributed by atoms with van der Waals surface area (Å²) in [4.78, 5) is 15.7. The number of carbonyl (C=O) groups excluding carboxylic acids is 1. The number of amides is 1. The Labute approximate surface area is 123 Å². The molecule has 0 aliphatic rings. The number of rotatable bonds is 2. The lowest BCUT2D eigenvalue weighted by Crippen LogP contribution is -2.12. The van der Waals surface area contributed by atoms with Gasteiger partial charge in [0.05, 0.1) is 20.6 Å². The van der Waals surface area contributed by atoms with Crippen LogP contribution >= 0.6 is 34.8 Å². The summed E-state index contributed by atoms with van der Waals surface area (Å²) in [5, 5.41) is 2.40. The fourth-order valence-corrected chi connectivity index (χ4v) is 2.05.